The number of aromatic nitrogens is 2. The van der Waals surface area contributed by atoms with Crippen molar-refractivity contribution < 1.29 is 9.18 Å². The molecule has 0 aliphatic carbocycles. The number of halogens is 1. The van der Waals surface area contributed by atoms with Crippen molar-refractivity contribution in [1.29, 1.82) is 0 Å². The van der Waals surface area contributed by atoms with Gasteiger partial charge in [0, 0.05) is 22.0 Å². The zero-order valence-corrected chi connectivity index (χ0v) is 17.0. The van der Waals surface area contributed by atoms with Crippen LogP contribution in [0.25, 0.3) is 11.0 Å². The molecule has 150 valence electrons. The fraction of sp³-hybridized carbons (Fsp3) is 0.0870. The van der Waals surface area contributed by atoms with E-state index in [1.807, 2.05) is 55.5 Å². The Balaban J connectivity index is 1.35. The van der Waals surface area contributed by atoms with E-state index in [2.05, 4.69) is 15.6 Å². The summed E-state index contributed by atoms with van der Waals surface area (Å²) >= 11 is 1.66. The summed E-state index contributed by atoms with van der Waals surface area (Å²) < 4.78 is 12.9. The number of hydrogen-bond acceptors (Lipinski definition) is 4. The van der Waals surface area contributed by atoms with Crippen LogP contribution in [0.15, 0.2) is 77.7 Å². The normalized spacial score (nSPS) is 10.7. The Morgan fingerprint density at radius 3 is 2.07 bits per heavy atom. The van der Waals surface area contributed by atoms with Crippen molar-refractivity contribution in [3.05, 3.63) is 90.0 Å². The lowest BCUT2D eigenvalue weighted by molar-refractivity contribution is 0.262. The second-order valence-corrected chi connectivity index (χ2v) is 7.69. The number of amides is 2. The number of thioether (sulfide) groups is 1. The van der Waals surface area contributed by atoms with Crippen LogP contribution in [0.5, 0.6) is 0 Å². The minimum atomic E-state index is -0.385. The highest BCUT2D eigenvalue weighted by molar-refractivity contribution is 7.98. The van der Waals surface area contributed by atoms with E-state index in [0.29, 0.717) is 17.1 Å². The lowest BCUT2D eigenvalue weighted by Gasteiger charge is -2.09. The summed E-state index contributed by atoms with van der Waals surface area (Å²) in [6, 6.07) is 20.6. The molecule has 5 nitrogen and oxygen atoms in total. The van der Waals surface area contributed by atoms with Gasteiger partial charge in [-0.05, 0) is 67.6 Å². The minimum Gasteiger partial charge on any atom is -0.308 e. The van der Waals surface area contributed by atoms with Gasteiger partial charge in [0.2, 0.25) is 0 Å². The number of carbonyl (C=O) groups excluding carboxylic acids is 1. The molecule has 2 amide bonds. The lowest BCUT2D eigenvalue weighted by Crippen LogP contribution is -2.19. The molecule has 0 saturated carbocycles. The van der Waals surface area contributed by atoms with Crippen LogP contribution in [0.3, 0.4) is 0 Å². The third-order valence-electron chi connectivity index (χ3n) is 4.43. The lowest BCUT2D eigenvalue weighted by atomic mass is 10.2. The SMILES string of the molecule is Cc1nc2ccccc2nc1CSc1ccc(NC(=O)Nc2ccc(F)cc2)cc1. The largest absolute Gasteiger partial charge is 0.323 e. The zero-order valence-electron chi connectivity index (χ0n) is 16.2. The van der Waals surface area contributed by atoms with Gasteiger partial charge < -0.3 is 10.6 Å². The summed E-state index contributed by atoms with van der Waals surface area (Å²) in [6.07, 6.45) is 0. The second kappa shape index (κ2) is 8.92. The molecule has 4 aromatic rings. The number of rotatable bonds is 5. The van der Waals surface area contributed by atoms with Crippen molar-refractivity contribution in [3.8, 4) is 0 Å². The van der Waals surface area contributed by atoms with E-state index >= 15 is 0 Å². The smallest absolute Gasteiger partial charge is 0.308 e. The first-order valence-corrected chi connectivity index (χ1v) is 10.3. The van der Waals surface area contributed by atoms with Gasteiger partial charge in [0.15, 0.2) is 0 Å². The van der Waals surface area contributed by atoms with Crippen LogP contribution in [0.2, 0.25) is 0 Å². The minimum absolute atomic E-state index is 0.348. The number of nitrogens with one attached hydrogen (secondary N) is 2. The van der Waals surface area contributed by atoms with Crippen LogP contribution in [0.4, 0.5) is 20.6 Å². The number of benzene rings is 3. The predicted molar refractivity (Wildman–Crippen MR) is 119 cm³/mol. The first-order chi connectivity index (χ1) is 14.6. The Labute approximate surface area is 177 Å². The molecule has 0 unspecified atom stereocenters. The number of carbonyl (C=O) groups is 1. The molecular weight excluding hydrogens is 399 g/mol. The van der Waals surface area contributed by atoms with Crippen molar-refractivity contribution in [1.82, 2.24) is 9.97 Å². The zero-order chi connectivity index (χ0) is 20.9. The van der Waals surface area contributed by atoms with E-state index in [1.54, 1.807) is 11.8 Å². The molecule has 0 bridgehead atoms. The molecule has 3 aromatic carbocycles. The topological polar surface area (TPSA) is 66.9 Å². The highest BCUT2D eigenvalue weighted by Gasteiger charge is 2.07. The number of anilines is 2. The fourth-order valence-corrected chi connectivity index (χ4v) is 3.78. The summed E-state index contributed by atoms with van der Waals surface area (Å²) in [6.45, 7) is 1.97. The van der Waals surface area contributed by atoms with Gasteiger partial charge in [0.25, 0.3) is 0 Å². The highest BCUT2D eigenvalue weighted by Crippen LogP contribution is 2.25. The molecule has 0 spiro atoms. The van der Waals surface area contributed by atoms with E-state index in [4.69, 9.17) is 4.98 Å². The average molecular weight is 418 g/mol. The highest BCUT2D eigenvalue weighted by atomic mass is 32.2. The average Bonchev–Trinajstić information content (AvgIpc) is 2.75. The van der Waals surface area contributed by atoms with Crippen LogP contribution in [-0.2, 0) is 5.75 Å². The molecule has 30 heavy (non-hydrogen) atoms. The van der Waals surface area contributed by atoms with Crippen LogP contribution in [0.1, 0.15) is 11.4 Å². The standard InChI is InChI=1S/C23H19FN4OS/c1-15-22(28-21-5-3-2-4-20(21)25-15)14-30-19-12-10-18(11-13-19)27-23(29)26-17-8-6-16(24)7-9-17/h2-13H,14H2,1H3,(H2,26,27,29). The summed E-state index contributed by atoms with van der Waals surface area (Å²) in [5.41, 5.74) is 4.87. The summed E-state index contributed by atoms with van der Waals surface area (Å²) in [7, 11) is 0. The molecule has 0 aliphatic rings. The third kappa shape index (κ3) is 4.93. The first-order valence-electron chi connectivity index (χ1n) is 9.35. The molecule has 1 aromatic heterocycles. The van der Waals surface area contributed by atoms with Crippen molar-refractivity contribution in [2.45, 2.75) is 17.6 Å². The molecule has 0 aliphatic heterocycles. The van der Waals surface area contributed by atoms with E-state index in [0.717, 1.165) is 27.3 Å². The number of fused-ring (bicyclic) bond motifs is 1. The van der Waals surface area contributed by atoms with E-state index in [-0.39, 0.29) is 11.8 Å². The molecule has 0 saturated heterocycles. The molecule has 7 heteroatoms. The quantitative estimate of drug-likeness (QED) is 0.389. The van der Waals surface area contributed by atoms with Crippen molar-refractivity contribution in [2.24, 2.45) is 0 Å². The van der Waals surface area contributed by atoms with Crippen molar-refractivity contribution >= 4 is 40.2 Å². The second-order valence-electron chi connectivity index (χ2n) is 6.64. The molecular formula is C23H19FN4OS. The number of hydrogen-bond donors (Lipinski definition) is 2. The van der Waals surface area contributed by atoms with E-state index < -0.39 is 0 Å². The maximum Gasteiger partial charge on any atom is 0.323 e. The number of nitrogens with zero attached hydrogens (tertiary/aromatic N) is 2. The van der Waals surface area contributed by atoms with Gasteiger partial charge in [-0.2, -0.15) is 0 Å². The molecule has 2 N–H and O–H groups in total. The molecule has 0 atom stereocenters. The summed E-state index contributed by atoms with van der Waals surface area (Å²) in [5.74, 6) is 0.362. The number of para-hydroxylation sites is 2. The Bertz CT molecular complexity index is 1180. The van der Waals surface area contributed by atoms with Crippen LogP contribution in [0, 0.1) is 12.7 Å². The molecule has 1 heterocycles. The van der Waals surface area contributed by atoms with Gasteiger partial charge in [-0.1, -0.05) is 12.1 Å². The number of urea groups is 1. The maximum atomic E-state index is 12.9. The van der Waals surface area contributed by atoms with Gasteiger partial charge in [0.1, 0.15) is 5.82 Å². The Morgan fingerprint density at radius 1 is 0.867 bits per heavy atom. The molecule has 0 fully saturated rings. The molecule has 0 radical (unpaired) electrons. The van der Waals surface area contributed by atoms with Crippen LogP contribution < -0.4 is 10.6 Å². The Kier molecular flexibility index (Phi) is 5.90. The Morgan fingerprint density at radius 2 is 1.43 bits per heavy atom. The molecule has 4 rings (SSSR count). The van der Waals surface area contributed by atoms with Gasteiger partial charge in [-0.15, -0.1) is 11.8 Å². The maximum absolute atomic E-state index is 12.9. The summed E-state index contributed by atoms with van der Waals surface area (Å²) in [4.78, 5) is 22.5. The first kappa shape index (κ1) is 19.8. The fourth-order valence-electron chi connectivity index (χ4n) is 2.87. The number of aryl methyl sites for hydroxylation is 1. The van der Waals surface area contributed by atoms with Crippen molar-refractivity contribution in [3.63, 3.8) is 0 Å². The van der Waals surface area contributed by atoms with E-state index in [1.165, 1.54) is 24.3 Å². The Hall–Kier alpha value is -3.45. The van der Waals surface area contributed by atoms with Gasteiger partial charge >= 0.3 is 6.03 Å². The van der Waals surface area contributed by atoms with Gasteiger partial charge in [-0.25, -0.2) is 19.2 Å². The van der Waals surface area contributed by atoms with Gasteiger partial charge in [-0.3, -0.25) is 0 Å². The van der Waals surface area contributed by atoms with E-state index in [9.17, 15) is 9.18 Å². The van der Waals surface area contributed by atoms with Crippen molar-refractivity contribution in [2.75, 3.05) is 10.6 Å². The van der Waals surface area contributed by atoms with Crippen LogP contribution >= 0.6 is 11.8 Å². The predicted octanol–water partition coefficient (Wildman–Crippen LogP) is 6.01. The third-order valence-corrected chi connectivity index (χ3v) is 5.46. The van der Waals surface area contributed by atoms with Crippen LogP contribution in [-0.4, -0.2) is 16.0 Å². The summed E-state index contributed by atoms with van der Waals surface area (Å²) in [5, 5.41) is 5.42. The monoisotopic (exact) mass is 418 g/mol. The van der Waals surface area contributed by atoms with Gasteiger partial charge in [0.05, 0.1) is 22.4 Å².